The molecule has 0 saturated heterocycles. The molecule has 0 aromatic rings. The molecule has 0 aliphatic carbocycles. The number of rotatable bonds is 2. The van der Waals surface area contributed by atoms with Gasteiger partial charge in [-0.1, -0.05) is 0 Å². The van der Waals surface area contributed by atoms with Crippen LogP contribution in [-0.4, -0.2) is 12.6 Å². The van der Waals surface area contributed by atoms with Gasteiger partial charge in [-0.15, -0.1) is 0 Å². The summed E-state index contributed by atoms with van der Waals surface area (Å²) in [5.41, 5.74) is 0. The Kier molecular flexibility index (Phi) is 3.52. The van der Waals surface area contributed by atoms with Crippen LogP contribution in [-0.2, 0) is 25.1 Å². The summed E-state index contributed by atoms with van der Waals surface area (Å²) in [6, 6.07) is 0. The van der Waals surface area contributed by atoms with Gasteiger partial charge in [0.1, 0.15) is 0 Å². The Morgan fingerprint density at radius 2 is 2.00 bits per heavy atom. The van der Waals surface area contributed by atoms with Gasteiger partial charge in [0.15, 0.2) is 0 Å². The molecule has 0 bridgehead atoms. The van der Waals surface area contributed by atoms with Crippen LogP contribution in [0.5, 0.6) is 0 Å². The number of aldehydes is 2. The number of allylic oxidation sites excluding steroid dienone is 2. The van der Waals surface area contributed by atoms with Crippen molar-refractivity contribution in [3.05, 3.63) is 10.6 Å². The minimum absolute atomic E-state index is 0.0787. The molecule has 0 rings (SSSR count). The Labute approximate surface area is 49.0 Å². The zero-order chi connectivity index (χ0) is 5.70. The average molecular weight is 142 g/mol. The van der Waals surface area contributed by atoms with Crippen molar-refractivity contribution in [2.75, 3.05) is 0 Å². The van der Waals surface area contributed by atoms with Gasteiger partial charge in [-0.2, -0.15) is 0 Å². The molecule has 0 heterocycles. The van der Waals surface area contributed by atoms with Crippen molar-refractivity contribution < 1.29 is 25.1 Å². The van der Waals surface area contributed by atoms with Crippen LogP contribution in [0.2, 0.25) is 0 Å². The molecule has 0 aromatic heterocycles. The van der Waals surface area contributed by atoms with Gasteiger partial charge in [0.05, 0.1) is 0 Å². The van der Waals surface area contributed by atoms with Crippen LogP contribution in [0, 0.1) is 0 Å². The van der Waals surface area contributed by atoms with Crippen LogP contribution in [0.1, 0.15) is 0 Å². The first-order chi connectivity index (χ1) is 3.31. The molecule has 2 nitrogen and oxygen atoms in total. The van der Waals surface area contributed by atoms with Gasteiger partial charge in [0, 0.05) is 0 Å². The Bertz CT molecular complexity index is 106. The SMILES string of the molecule is O=CC=[C]([Ni])C=O. The van der Waals surface area contributed by atoms with Gasteiger partial charge >= 0.3 is 48.2 Å². The molecule has 0 amide bonds. The van der Waals surface area contributed by atoms with Gasteiger partial charge in [0.2, 0.25) is 0 Å². The first kappa shape index (κ1) is 6.57. The van der Waals surface area contributed by atoms with Gasteiger partial charge in [-0.3, -0.25) is 0 Å². The fourth-order valence-electron chi connectivity index (χ4n) is 0.100. The van der Waals surface area contributed by atoms with Gasteiger partial charge in [-0.25, -0.2) is 0 Å². The molecule has 0 radical (unpaired) electrons. The van der Waals surface area contributed by atoms with Gasteiger partial charge in [0.25, 0.3) is 0 Å². The number of hydrogen-bond donors (Lipinski definition) is 0. The molecule has 0 N–H and O–H groups in total. The third kappa shape index (κ3) is 3.40. The quantitative estimate of drug-likeness (QED) is 0.304. The molecule has 0 unspecified atom stereocenters. The summed E-state index contributed by atoms with van der Waals surface area (Å²) in [7, 11) is 0. The zero-order valence-electron chi connectivity index (χ0n) is 3.36. The van der Waals surface area contributed by atoms with Crippen LogP contribution in [0.25, 0.3) is 0 Å². The molecule has 0 spiro atoms. The maximum absolute atomic E-state index is 9.57. The Hall–Kier alpha value is -0.426. The zero-order valence-corrected chi connectivity index (χ0v) is 4.35. The summed E-state index contributed by atoms with van der Waals surface area (Å²) in [6.45, 7) is 0. The third-order valence-electron chi connectivity index (χ3n) is 0.322. The first-order valence-corrected chi connectivity index (χ1v) is 2.03. The predicted molar refractivity (Wildman–Crippen MR) is 20.2 cm³/mol. The predicted octanol–water partition coefficient (Wildman–Crippen LogP) is -0.185. The van der Waals surface area contributed by atoms with Crippen molar-refractivity contribution in [2.24, 2.45) is 0 Å². The van der Waals surface area contributed by atoms with E-state index in [-0.39, 0.29) is 4.54 Å². The summed E-state index contributed by atoms with van der Waals surface area (Å²) in [5, 5.41) is 0. The van der Waals surface area contributed by atoms with Crippen LogP contribution >= 0.6 is 0 Å². The van der Waals surface area contributed by atoms with E-state index in [4.69, 9.17) is 0 Å². The standard InChI is InChI=1S/C4H3O2.Ni/c5-3-1-2-4-6;/h1,3-4H;. The average Bonchev–Trinajstić information content (AvgIpc) is 1.68. The van der Waals surface area contributed by atoms with Crippen LogP contribution < -0.4 is 0 Å². The summed E-state index contributed by atoms with van der Waals surface area (Å²) >= 11 is 4.03. The Morgan fingerprint density at radius 1 is 1.43 bits per heavy atom. The molecule has 0 aliphatic rings. The van der Waals surface area contributed by atoms with E-state index in [1.54, 1.807) is 0 Å². The minimum atomic E-state index is 0.0787. The number of carbonyl (C=O) groups is 2. The second-order valence-electron chi connectivity index (χ2n) is 0.770. The van der Waals surface area contributed by atoms with Crippen molar-refractivity contribution >= 4 is 12.6 Å². The number of carbonyl (C=O) groups excluding carboxylic acids is 2. The first-order valence-electron chi connectivity index (χ1n) is 1.54. The molecule has 0 atom stereocenters. The summed E-state index contributed by atoms with van der Waals surface area (Å²) in [5.74, 6) is 0. The molecule has 0 saturated carbocycles. The van der Waals surface area contributed by atoms with Crippen molar-refractivity contribution in [2.45, 2.75) is 0 Å². The van der Waals surface area contributed by atoms with Gasteiger partial charge in [-0.05, 0) is 0 Å². The molecular weight excluding hydrogens is 139 g/mol. The topological polar surface area (TPSA) is 34.1 Å². The Morgan fingerprint density at radius 3 is 2.14 bits per heavy atom. The molecule has 7 heavy (non-hydrogen) atoms. The van der Waals surface area contributed by atoms with Crippen molar-refractivity contribution in [3.63, 3.8) is 0 Å². The van der Waals surface area contributed by atoms with Crippen molar-refractivity contribution in [3.8, 4) is 0 Å². The summed E-state index contributed by atoms with van der Waals surface area (Å²) in [6.07, 6.45) is 2.01. The van der Waals surface area contributed by atoms with Crippen LogP contribution in [0.3, 0.4) is 0 Å². The van der Waals surface area contributed by atoms with E-state index in [0.717, 1.165) is 6.08 Å². The van der Waals surface area contributed by atoms with E-state index in [9.17, 15) is 9.59 Å². The normalized spacial score (nSPS) is 10.9. The molecule has 0 aromatic carbocycles. The monoisotopic (exact) mass is 141 g/mol. The second kappa shape index (κ2) is 3.75. The molecule has 3 heteroatoms. The van der Waals surface area contributed by atoms with E-state index in [0.29, 0.717) is 12.6 Å². The third-order valence-corrected chi connectivity index (χ3v) is 0.603. The van der Waals surface area contributed by atoms with Crippen molar-refractivity contribution in [1.82, 2.24) is 0 Å². The molecule has 0 fully saturated rings. The van der Waals surface area contributed by atoms with Crippen LogP contribution in [0.4, 0.5) is 0 Å². The second-order valence-corrected chi connectivity index (χ2v) is 1.34. The fraction of sp³-hybridized carbons (Fsp3) is 0. The number of hydrogen-bond acceptors (Lipinski definition) is 2. The molecule has 0 aliphatic heterocycles. The van der Waals surface area contributed by atoms with E-state index in [1.165, 1.54) is 0 Å². The maximum atomic E-state index is 9.57. The van der Waals surface area contributed by atoms with E-state index in [2.05, 4.69) is 15.5 Å². The molecular formula is C4H3NiO2. The van der Waals surface area contributed by atoms with Crippen LogP contribution in [0.15, 0.2) is 10.6 Å². The van der Waals surface area contributed by atoms with Gasteiger partial charge < -0.3 is 0 Å². The van der Waals surface area contributed by atoms with E-state index >= 15 is 0 Å². The summed E-state index contributed by atoms with van der Waals surface area (Å²) in [4.78, 5) is 19.1. The summed E-state index contributed by atoms with van der Waals surface area (Å²) < 4.78 is 0.0787. The fourth-order valence-corrected chi connectivity index (χ4v) is 0.167. The molecule has 41 valence electrons. The van der Waals surface area contributed by atoms with Crippen molar-refractivity contribution in [1.29, 1.82) is 0 Å². The van der Waals surface area contributed by atoms with E-state index < -0.39 is 0 Å². The Balaban J connectivity index is 3.72. The van der Waals surface area contributed by atoms with E-state index in [1.807, 2.05) is 0 Å².